The van der Waals surface area contributed by atoms with Gasteiger partial charge in [-0.3, -0.25) is 0 Å². The van der Waals surface area contributed by atoms with Gasteiger partial charge in [0.1, 0.15) is 10.7 Å². The molecule has 0 fully saturated rings. The molecule has 4 nitrogen and oxygen atoms in total. The molecular weight excluding hydrogens is 359 g/mol. The zero-order valence-corrected chi connectivity index (χ0v) is 13.6. The number of rotatable bonds is 5. The summed E-state index contributed by atoms with van der Waals surface area (Å²) in [6, 6.07) is 10.9. The molecule has 21 heavy (non-hydrogen) atoms. The van der Waals surface area contributed by atoms with Gasteiger partial charge < -0.3 is 5.32 Å². The maximum Gasteiger partial charge on any atom is 0.242 e. The molecule has 0 aliphatic rings. The predicted octanol–water partition coefficient (Wildman–Crippen LogP) is 3.11. The minimum Gasteiger partial charge on any atom is -0.380 e. The summed E-state index contributed by atoms with van der Waals surface area (Å²) in [6.45, 7) is 0.300. The van der Waals surface area contributed by atoms with Gasteiger partial charge in [-0.1, -0.05) is 28.1 Å². The van der Waals surface area contributed by atoms with Crippen molar-refractivity contribution in [2.24, 2.45) is 0 Å². The molecular formula is C14H14BrFN2O2S. The quantitative estimate of drug-likeness (QED) is 0.847. The van der Waals surface area contributed by atoms with E-state index in [1.165, 1.54) is 25.2 Å². The Balaban J connectivity index is 2.27. The molecule has 0 radical (unpaired) electrons. The van der Waals surface area contributed by atoms with Crippen molar-refractivity contribution in [2.75, 3.05) is 12.4 Å². The Bertz CT molecular complexity index is 750. The van der Waals surface area contributed by atoms with Gasteiger partial charge in [0, 0.05) is 11.0 Å². The van der Waals surface area contributed by atoms with Crippen LogP contribution in [0, 0.1) is 5.82 Å². The third-order valence-corrected chi connectivity index (χ3v) is 5.17. The van der Waals surface area contributed by atoms with E-state index in [0.717, 1.165) is 4.47 Å². The number of sulfonamides is 1. The molecule has 0 saturated carbocycles. The average molecular weight is 373 g/mol. The number of anilines is 1. The Kier molecular flexibility index (Phi) is 4.97. The Morgan fingerprint density at radius 2 is 1.90 bits per heavy atom. The summed E-state index contributed by atoms with van der Waals surface area (Å²) < 4.78 is 40.1. The van der Waals surface area contributed by atoms with E-state index in [9.17, 15) is 12.8 Å². The average Bonchev–Trinajstić information content (AvgIpc) is 2.48. The summed E-state index contributed by atoms with van der Waals surface area (Å²) in [4.78, 5) is 0.153. The van der Waals surface area contributed by atoms with Crippen LogP contribution in [0.3, 0.4) is 0 Å². The monoisotopic (exact) mass is 372 g/mol. The van der Waals surface area contributed by atoms with Gasteiger partial charge in [0.2, 0.25) is 10.0 Å². The second kappa shape index (κ2) is 6.55. The molecule has 0 atom stereocenters. The van der Waals surface area contributed by atoms with Crippen LogP contribution in [0.5, 0.6) is 0 Å². The molecule has 112 valence electrons. The fraction of sp³-hybridized carbons (Fsp3) is 0.143. The molecule has 0 bridgehead atoms. The molecule has 7 heteroatoms. The molecule has 2 N–H and O–H groups in total. The second-order valence-electron chi connectivity index (χ2n) is 4.29. The third kappa shape index (κ3) is 3.81. The highest BCUT2D eigenvalue weighted by Crippen LogP contribution is 2.23. The fourth-order valence-electron chi connectivity index (χ4n) is 1.83. The summed E-state index contributed by atoms with van der Waals surface area (Å²) in [5, 5.41) is 3.02. The summed E-state index contributed by atoms with van der Waals surface area (Å²) in [5.41, 5.74) is 1.16. The van der Waals surface area contributed by atoms with E-state index in [2.05, 4.69) is 26.0 Å². The zero-order valence-electron chi connectivity index (χ0n) is 11.2. The molecule has 2 aromatic carbocycles. The minimum atomic E-state index is -3.55. The Hall–Kier alpha value is -1.44. The fourth-order valence-corrected chi connectivity index (χ4v) is 3.12. The Labute approximate surface area is 131 Å². The Morgan fingerprint density at radius 3 is 2.62 bits per heavy atom. The first-order chi connectivity index (χ1) is 9.94. The number of para-hydroxylation sites is 1. The highest BCUT2D eigenvalue weighted by Gasteiger charge is 2.15. The highest BCUT2D eigenvalue weighted by atomic mass is 79.9. The molecule has 2 rings (SSSR count). The lowest BCUT2D eigenvalue weighted by Gasteiger charge is -2.13. The molecule has 0 spiro atoms. The van der Waals surface area contributed by atoms with Crippen LogP contribution < -0.4 is 10.0 Å². The van der Waals surface area contributed by atoms with Crippen LogP contribution >= 0.6 is 15.9 Å². The first kappa shape index (κ1) is 15.9. The molecule has 0 aliphatic carbocycles. The first-order valence-corrected chi connectivity index (χ1v) is 8.42. The predicted molar refractivity (Wildman–Crippen MR) is 84.1 cm³/mol. The highest BCUT2D eigenvalue weighted by molar-refractivity contribution is 9.10. The number of halogens is 2. The van der Waals surface area contributed by atoms with Crippen molar-refractivity contribution < 1.29 is 12.8 Å². The van der Waals surface area contributed by atoms with Gasteiger partial charge in [0.25, 0.3) is 0 Å². The molecule has 0 amide bonds. The van der Waals surface area contributed by atoms with Crippen LogP contribution in [-0.4, -0.2) is 15.5 Å². The van der Waals surface area contributed by atoms with E-state index in [1.54, 1.807) is 24.3 Å². The van der Waals surface area contributed by atoms with Crippen LogP contribution in [-0.2, 0) is 16.6 Å². The van der Waals surface area contributed by atoms with E-state index >= 15 is 0 Å². The largest absolute Gasteiger partial charge is 0.380 e. The molecule has 0 aromatic heterocycles. The van der Waals surface area contributed by atoms with Crippen LogP contribution in [0.2, 0.25) is 0 Å². The van der Waals surface area contributed by atoms with Gasteiger partial charge in [0.15, 0.2) is 0 Å². The minimum absolute atomic E-state index is 0.153. The van der Waals surface area contributed by atoms with Crippen LogP contribution in [0.4, 0.5) is 10.1 Å². The lowest BCUT2D eigenvalue weighted by atomic mass is 10.2. The van der Waals surface area contributed by atoms with Gasteiger partial charge in [-0.25, -0.2) is 17.5 Å². The van der Waals surface area contributed by atoms with Crippen molar-refractivity contribution in [2.45, 2.75) is 11.4 Å². The van der Waals surface area contributed by atoms with Crippen molar-refractivity contribution in [3.63, 3.8) is 0 Å². The number of hydrogen-bond acceptors (Lipinski definition) is 3. The van der Waals surface area contributed by atoms with E-state index < -0.39 is 10.0 Å². The molecule has 2 aromatic rings. The Morgan fingerprint density at radius 1 is 1.19 bits per heavy atom. The zero-order chi connectivity index (χ0) is 15.5. The lowest BCUT2D eigenvalue weighted by molar-refractivity contribution is 0.588. The van der Waals surface area contributed by atoms with Crippen LogP contribution in [0.15, 0.2) is 51.8 Å². The van der Waals surface area contributed by atoms with Gasteiger partial charge >= 0.3 is 0 Å². The summed E-state index contributed by atoms with van der Waals surface area (Å²) in [7, 11) is -2.19. The van der Waals surface area contributed by atoms with E-state index in [0.29, 0.717) is 17.8 Å². The summed E-state index contributed by atoms with van der Waals surface area (Å²) >= 11 is 3.34. The second-order valence-corrected chi connectivity index (χ2v) is 7.00. The molecule has 0 saturated heterocycles. The van der Waals surface area contributed by atoms with Crippen molar-refractivity contribution in [3.05, 3.63) is 58.3 Å². The van der Waals surface area contributed by atoms with Gasteiger partial charge in [-0.2, -0.15) is 0 Å². The van der Waals surface area contributed by atoms with Gasteiger partial charge in [-0.15, -0.1) is 0 Å². The van der Waals surface area contributed by atoms with Crippen LogP contribution in [0.25, 0.3) is 0 Å². The van der Waals surface area contributed by atoms with Crippen molar-refractivity contribution in [1.82, 2.24) is 4.72 Å². The summed E-state index contributed by atoms with van der Waals surface area (Å²) in [6.07, 6.45) is 0. The molecule has 0 unspecified atom stereocenters. The first-order valence-electron chi connectivity index (χ1n) is 6.14. The van der Waals surface area contributed by atoms with Crippen molar-refractivity contribution in [3.8, 4) is 0 Å². The van der Waals surface area contributed by atoms with Crippen LogP contribution in [0.1, 0.15) is 5.56 Å². The van der Waals surface area contributed by atoms with Crippen molar-refractivity contribution >= 4 is 31.6 Å². The number of nitrogens with one attached hydrogen (secondary N) is 2. The van der Waals surface area contributed by atoms with E-state index in [-0.39, 0.29) is 10.7 Å². The topological polar surface area (TPSA) is 58.2 Å². The van der Waals surface area contributed by atoms with Crippen molar-refractivity contribution in [1.29, 1.82) is 0 Å². The summed E-state index contributed by atoms with van der Waals surface area (Å²) in [5.74, 6) is -0.342. The van der Waals surface area contributed by atoms with Gasteiger partial charge in [0.05, 0.1) is 5.69 Å². The smallest absolute Gasteiger partial charge is 0.242 e. The third-order valence-electron chi connectivity index (χ3n) is 2.92. The standard InChI is InChI=1S/C14H14BrFN2O2S/c1-17-21(19,20)14-5-3-2-4-13(14)18-9-10-8-11(16)6-7-12(10)15/h2-8,17-18H,9H2,1H3. The molecule has 0 heterocycles. The van der Waals surface area contributed by atoms with Gasteiger partial charge in [-0.05, 0) is 42.9 Å². The normalized spacial score (nSPS) is 11.4. The maximum absolute atomic E-state index is 13.2. The van der Waals surface area contributed by atoms with E-state index in [1.807, 2.05) is 0 Å². The lowest BCUT2D eigenvalue weighted by Crippen LogP contribution is -2.20. The molecule has 0 aliphatic heterocycles. The SMILES string of the molecule is CNS(=O)(=O)c1ccccc1NCc1cc(F)ccc1Br. The maximum atomic E-state index is 13.2. The van der Waals surface area contributed by atoms with E-state index in [4.69, 9.17) is 0 Å². The number of hydrogen-bond donors (Lipinski definition) is 2. The number of benzene rings is 2.